The maximum atomic E-state index is 10.3. The van der Waals surface area contributed by atoms with Crippen LogP contribution in [0.2, 0.25) is 0 Å². The highest BCUT2D eigenvalue weighted by Gasteiger charge is 2.26. The lowest BCUT2D eigenvalue weighted by molar-refractivity contribution is -0.915. The Labute approximate surface area is 134 Å². The summed E-state index contributed by atoms with van der Waals surface area (Å²) in [6.45, 7) is 8.22. The lowest BCUT2D eigenvalue weighted by Crippen LogP contribution is -3.15. The highest BCUT2D eigenvalue weighted by Crippen LogP contribution is 2.26. The average Bonchev–Trinajstić information content (AvgIpc) is 2.91. The van der Waals surface area contributed by atoms with Crippen LogP contribution < -0.4 is 9.64 Å². The minimum Gasteiger partial charge on any atom is -0.491 e. The molecule has 3 atom stereocenters. The number of rotatable bonds is 5. The molecule has 0 saturated carbocycles. The molecule has 0 radical (unpaired) electrons. The first kappa shape index (κ1) is 15.8. The Hall–Kier alpha value is -1.06. The molecule has 1 saturated heterocycles. The molecular weight excluding hydrogens is 274 g/mol. The maximum Gasteiger partial charge on any atom is 0.137 e. The fourth-order valence-electron chi connectivity index (χ4n) is 4.31. The number of hydrogen-bond donors (Lipinski definition) is 2. The van der Waals surface area contributed by atoms with Crippen molar-refractivity contribution in [2.45, 2.75) is 45.6 Å². The topological polar surface area (TPSA) is 33.9 Å². The second-order valence-electron chi connectivity index (χ2n) is 7.56. The molecule has 1 fully saturated rings. The maximum absolute atomic E-state index is 10.3. The molecule has 1 aliphatic heterocycles. The van der Waals surface area contributed by atoms with Crippen LogP contribution in [0.1, 0.15) is 37.8 Å². The zero-order chi connectivity index (χ0) is 15.5. The molecule has 2 aliphatic rings. The number of piperidine rings is 1. The summed E-state index contributed by atoms with van der Waals surface area (Å²) in [5.74, 6) is 2.45. The molecule has 3 heteroatoms. The summed E-state index contributed by atoms with van der Waals surface area (Å²) in [6, 6.07) is 6.39. The summed E-state index contributed by atoms with van der Waals surface area (Å²) in [6.07, 6.45) is 4.58. The van der Waals surface area contributed by atoms with Gasteiger partial charge in [-0.25, -0.2) is 0 Å². The minimum atomic E-state index is -0.374. The van der Waals surface area contributed by atoms with E-state index in [1.807, 2.05) is 0 Å². The first-order valence-electron chi connectivity index (χ1n) is 8.86. The van der Waals surface area contributed by atoms with E-state index in [9.17, 15) is 5.11 Å². The summed E-state index contributed by atoms with van der Waals surface area (Å²) in [4.78, 5) is 1.52. The zero-order valence-electron chi connectivity index (χ0n) is 14.0. The molecule has 122 valence electrons. The Morgan fingerprint density at radius 3 is 2.68 bits per heavy atom. The van der Waals surface area contributed by atoms with Gasteiger partial charge in [-0.2, -0.15) is 0 Å². The number of fused-ring (bicyclic) bond motifs is 1. The van der Waals surface area contributed by atoms with Crippen LogP contribution in [0.5, 0.6) is 5.75 Å². The molecule has 1 aromatic rings. The molecule has 0 spiro atoms. The van der Waals surface area contributed by atoms with E-state index < -0.39 is 0 Å². The summed E-state index contributed by atoms with van der Waals surface area (Å²) >= 11 is 0. The third-order valence-electron chi connectivity index (χ3n) is 5.12. The van der Waals surface area contributed by atoms with Gasteiger partial charge in [0.1, 0.15) is 25.0 Å². The quantitative estimate of drug-likeness (QED) is 0.864. The zero-order valence-corrected chi connectivity index (χ0v) is 14.0. The average molecular weight is 304 g/mol. The molecule has 0 amide bonds. The van der Waals surface area contributed by atoms with Gasteiger partial charge in [0.15, 0.2) is 0 Å². The Balaban J connectivity index is 1.47. The Kier molecular flexibility index (Phi) is 5.04. The standard InChI is InChI=1S/C19H29NO2/c1-14-8-15(2)11-20(10-14)12-18(21)13-22-19-7-6-16-4-3-5-17(16)9-19/h6-7,9,14-15,18,21H,3-5,8,10-13H2,1-2H3/p+1/t14-,15-,18-/m0/s1. The number of aliphatic hydroxyl groups excluding tert-OH is 1. The van der Waals surface area contributed by atoms with Crippen LogP contribution in [0.25, 0.3) is 0 Å². The summed E-state index contributed by atoms with van der Waals surface area (Å²) in [7, 11) is 0. The Morgan fingerprint density at radius 1 is 1.18 bits per heavy atom. The summed E-state index contributed by atoms with van der Waals surface area (Å²) < 4.78 is 5.82. The normalized spacial score (nSPS) is 29.1. The predicted octanol–water partition coefficient (Wildman–Crippen LogP) is 1.48. The van der Waals surface area contributed by atoms with E-state index in [4.69, 9.17) is 4.74 Å². The molecule has 0 aromatic heterocycles. The second-order valence-corrected chi connectivity index (χ2v) is 7.56. The highest BCUT2D eigenvalue weighted by atomic mass is 16.5. The van der Waals surface area contributed by atoms with E-state index in [0.29, 0.717) is 6.61 Å². The van der Waals surface area contributed by atoms with Gasteiger partial charge in [-0.1, -0.05) is 19.9 Å². The van der Waals surface area contributed by atoms with E-state index in [2.05, 4.69) is 32.0 Å². The molecule has 3 nitrogen and oxygen atoms in total. The minimum absolute atomic E-state index is 0.374. The lowest BCUT2D eigenvalue weighted by Gasteiger charge is -2.33. The first-order valence-corrected chi connectivity index (χ1v) is 8.86. The van der Waals surface area contributed by atoms with Gasteiger partial charge in [0.05, 0.1) is 13.1 Å². The first-order chi connectivity index (χ1) is 10.6. The van der Waals surface area contributed by atoms with Crippen molar-refractivity contribution >= 4 is 0 Å². The van der Waals surface area contributed by atoms with Crippen molar-refractivity contribution in [3.63, 3.8) is 0 Å². The van der Waals surface area contributed by atoms with E-state index in [1.165, 1.54) is 54.8 Å². The molecule has 3 rings (SSSR count). The molecule has 0 bridgehead atoms. The van der Waals surface area contributed by atoms with Crippen LogP contribution in [-0.4, -0.2) is 37.5 Å². The van der Waals surface area contributed by atoms with Crippen molar-refractivity contribution < 1.29 is 14.7 Å². The Bertz CT molecular complexity index is 492. The van der Waals surface area contributed by atoms with Gasteiger partial charge < -0.3 is 14.7 Å². The van der Waals surface area contributed by atoms with E-state index >= 15 is 0 Å². The number of aryl methyl sites for hydroxylation is 2. The van der Waals surface area contributed by atoms with Gasteiger partial charge in [0.25, 0.3) is 0 Å². The Morgan fingerprint density at radius 2 is 1.91 bits per heavy atom. The molecule has 0 unspecified atom stereocenters. The van der Waals surface area contributed by atoms with E-state index in [0.717, 1.165) is 24.1 Å². The van der Waals surface area contributed by atoms with Crippen molar-refractivity contribution in [2.24, 2.45) is 11.8 Å². The van der Waals surface area contributed by atoms with Crippen molar-refractivity contribution in [2.75, 3.05) is 26.2 Å². The molecule has 1 aromatic carbocycles. The van der Waals surface area contributed by atoms with Crippen molar-refractivity contribution in [3.05, 3.63) is 29.3 Å². The van der Waals surface area contributed by atoms with Crippen LogP contribution in [0.15, 0.2) is 18.2 Å². The van der Waals surface area contributed by atoms with Crippen molar-refractivity contribution in [1.29, 1.82) is 0 Å². The largest absolute Gasteiger partial charge is 0.491 e. The predicted molar refractivity (Wildman–Crippen MR) is 88.5 cm³/mol. The summed E-state index contributed by atoms with van der Waals surface area (Å²) in [5, 5.41) is 10.3. The van der Waals surface area contributed by atoms with Gasteiger partial charge in [0.2, 0.25) is 0 Å². The third kappa shape index (κ3) is 4.02. The fraction of sp³-hybridized carbons (Fsp3) is 0.684. The number of nitrogens with one attached hydrogen (secondary N) is 1. The number of hydrogen-bond acceptors (Lipinski definition) is 2. The second kappa shape index (κ2) is 7.01. The number of quaternary nitrogens is 1. The van der Waals surface area contributed by atoms with Crippen LogP contribution in [0, 0.1) is 11.8 Å². The summed E-state index contributed by atoms with van der Waals surface area (Å²) in [5.41, 5.74) is 2.89. The number of likely N-dealkylation sites (tertiary alicyclic amines) is 1. The SMILES string of the molecule is C[C@H]1C[C@H](C)C[NH+](C[C@H](O)COc2ccc3c(c2)CCC3)C1. The van der Waals surface area contributed by atoms with Crippen LogP contribution >= 0.6 is 0 Å². The smallest absolute Gasteiger partial charge is 0.137 e. The van der Waals surface area contributed by atoms with Crippen LogP contribution in [0.3, 0.4) is 0 Å². The monoisotopic (exact) mass is 304 g/mol. The number of ether oxygens (including phenoxy) is 1. The van der Waals surface area contributed by atoms with Gasteiger partial charge in [-0.15, -0.1) is 0 Å². The van der Waals surface area contributed by atoms with Crippen molar-refractivity contribution in [1.82, 2.24) is 0 Å². The molecule has 1 heterocycles. The van der Waals surface area contributed by atoms with E-state index in [-0.39, 0.29) is 6.10 Å². The van der Waals surface area contributed by atoms with Gasteiger partial charge in [-0.05, 0) is 48.9 Å². The molecule has 1 aliphatic carbocycles. The van der Waals surface area contributed by atoms with E-state index in [1.54, 1.807) is 0 Å². The van der Waals surface area contributed by atoms with Gasteiger partial charge in [0, 0.05) is 11.8 Å². The highest BCUT2D eigenvalue weighted by molar-refractivity contribution is 5.38. The molecular formula is C19H30NO2+. The molecule has 2 N–H and O–H groups in total. The van der Waals surface area contributed by atoms with Crippen molar-refractivity contribution in [3.8, 4) is 5.75 Å². The lowest BCUT2D eigenvalue weighted by atomic mass is 9.92. The van der Waals surface area contributed by atoms with Gasteiger partial charge >= 0.3 is 0 Å². The fourth-order valence-corrected chi connectivity index (χ4v) is 4.31. The van der Waals surface area contributed by atoms with Gasteiger partial charge in [-0.3, -0.25) is 0 Å². The van der Waals surface area contributed by atoms with Crippen LogP contribution in [0.4, 0.5) is 0 Å². The number of aliphatic hydroxyl groups is 1. The van der Waals surface area contributed by atoms with Crippen LogP contribution in [-0.2, 0) is 12.8 Å². The third-order valence-corrected chi connectivity index (χ3v) is 5.12. The molecule has 22 heavy (non-hydrogen) atoms. The number of benzene rings is 1.